The second kappa shape index (κ2) is 11.7. The van der Waals surface area contributed by atoms with Crippen LogP contribution in [-0.4, -0.2) is 46.5 Å². The Kier molecular flexibility index (Phi) is 8.10. The van der Waals surface area contributed by atoms with Crippen LogP contribution < -0.4 is 15.6 Å². The fraction of sp³-hybridized carbons (Fsp3) is 0.419. The number of esters is 1. The second-order valence-corrected chi connectivity index (χ2v) is 10.2. The van der Waals surface area contributed by atoms with Gasteiger partial charge in [-0.1, -0.05) is 19.8 Å². The molecule has 0 aliphatic carbocycles. The Morgan fingerprint density at radius 2 is 2.05 bits per heavy atom. The third-order valence-corrected chi connectivity index (χ3v) is 7.76. The number of ether oxygens (including phenoxy) is 3. The fourth-order valence-corrected chi connectivity index (χ4v) is 5.58. The molecule has 1 amide bonds. The zero-order chi connectivity index (χ0) is 29.1. The van der Waals surface area contributed by atoms with Crippen molar-refractivity contribution < 1.29 is 28.9 Å². The number of aromatic nitrogens is 2. The van der Waals surface area contributed by atoms with Crippen molar-refractivity contribution in [3.63, 3.8) is 0 Å². The molecule has 0 saturated carbocycles. The summed E-state index contributed by atoms with van der Waals surface area (Å²) >= 11 is 0. The van der Waals surface area contributed by atoms with E-state index in [1.54, 1.807) is 35.8 Å². The van der Waals surface area contributed by atoms with Gasteiger partial charge in [0.25, 0.3) is 5.56 Å². The monoisotopic (exact) mass is 559 g/mol. The molecule has 0 saturated heterocycles. The highest BCUT2D eigenvalue weighted by atomic mass is 16.6. The number of aliphatic hydroxyl groups is 1. The Morgan fingerprint density at radius 1 is 1.22 bits per heavy atom. The lowest BCUT2D eigenvalue weighted by molar-refractivity contribution is -0.172. The molecule has 0 unspecified atom stereocenters. The van der Waals surface area contributed by atoms with Gasteiger partial charge in [0.2, 0.25) is 0 Å². The number of carbonyl (C=O) groups is 2. The summed E-state index contributed by atoms with van der Waals surface area (Å²) in [5.74, 6) is 2.06. The molecule has 0 radical (unpaired) electrons. The van der Waals surface area contributed by atoms with E-state index in [4.69, 9.17) is 25.6 Å². The molecule has 0 spiro atoms. The molecule has 41 heavy (non-hydrogen) atoms. The smallest absolute Gasteiger partial charge is 0.412 e. The minimum atomic E-state index is -1.88. The van der Waals surface area contributed by atoms with Crippen LogP contribution in [-0.2, 0) is 39.4 Å². The number of cyclic esters (lactones) is 1. The summed E-state index contributed by atoms with van der Waals surface area (Å²) < 4.78 is 17.6. The van der Waals surface area contributed by atoms with Crippen LogP contribution in [0.15, 0.2) is 29.1 Å². The first-order valence-electron chi connectivity index (χ1n) is 13.9. The molecule has 5 rings (SSSR count). The number of terminal acetylenes is 1. The van der Waals surface area contributed by atoms with Crippen molar-refractivity contribution in [2.45, 2.75) is 64.7 Å². The number of amides is 1. The van der Waals surface area contributed by atoms with Crippen LogP contribution in [0.1, 0.15) is 61.8 Å². The number of hydrogen-bond acceptors (Lipinski definition) is 8. The van der Waals surface area contributed by atoms with Crippen molar-refractivity contribution in [2.24, 2.45) is 0 Å². The summed E-state index contributed by atoms with van der Waals surface area (Å²) in [5.41, 5.74) is 2.15. The molecule has 10 heteroatoms. The van der Waals surface area contributed by atoms with Gasteiger partial charge in [-0.25, -0.2) is 14.6 Å². The van der Waals surface area contributed by atoms with E-state index in [0.717, 1.165) is 35.8 Å². The average molecular weight is 560 g/mol. The standard InChI is InChI=1S/C31H33N3O7/c1-4-13-39-14-9-7-8-12-32-30(37)41-19-10-11-25-21(15-19)20(5-2)22-17-34-26(27(22)33-25)16-24-23(28(34)35)18-40-29(36)31(24,38)6-3/h1,10-11,15-16,38H,5-9,12-14,17-18H2,2-3H3,(H,32,37)/t31-/m0/s1. The summed E-state index contributed by atoms with van der Waals surface area (Å²) in [6.07, 6.45) is 7.90. The molecule has 214 valence electrons. The highest BCUT2D eigenvalue weighted by Crippen LogP contribution is 2.40. The third-order valence-electron chi connectivity index (χ3n) is 7.76. The Labute approximate surface area is 237 Å². The summed E-state index contributed by atoms with van der Waals surface area (Å²) in [6, 6.07) is 6.97. The van der Waals surface area contributed by atoms with E-state index in [1.165, 1.54) is 0 Å². The molecule has 0 fully saturated rings. The largest absolute Gasteiger partial charge is 0.458 e. The number of pyridine rings is 2. The molecule has 3 aromatic rings. The maximum absolute atomic E-state index is 13.5. The van der Waals surface area contributed by atoms with E-state index in [1.807, 2.05) is 6.92 Å². The van der Waals surface area contributed by atoms with Gasteiger partial charge in [0.05, 0.1) is 29.0 Å². The van der Waals surface area contributed by atoms with Gasteiger partial charge >= 0.3 is 12.1 Å². The molecule has 2 aliphatic heterocycles. The van der Waals surface area contributed by atoms with Crippen LogP contribution >= 0.6 is 0 Å². The number of nitrogens with one attached hydrogen (secondary N) is 1. The van der Waals surface area contributed by atoms with Crippen LogP contribution in [0, 0.1) is 12.3 Å². The number of rotatable bonds is 10. The zero-order valence-corrected chi connectivity index (χ0v) is 23.2. The number of fused-ring (bicyclic) bond motifs is 5. The first-order valence-corrected chi connectivity index (χ1v) is 13.9. The van der Waals surface area contributed by atoms with E-state index in [-0.39, 0.29) is 29.7 Å². The summed E-state index contributed by atoms with van der Waals surface area (Å²) in [4.78, 5) is 43.2. The lowest BCUT2D eigenvalue weighted by atomic mass is 9.86. The SMILES string of the molecule is C#CCOCCCCCNC(=O)Oc1ccc2nc3c(c(CC)c2c1)Cn1c-3cc2c(c1=O)COC(=O)[C@]2(O)CC. The van der Waals surface area contributed by atoms with Crippen molar-refractivity contribution >= 4 is 23.0 Å². The fourth-order valence-electron chi connectivity index (χ4n) is 5.58. The van der Waals surface area contributed by atoms with E-state index < -0.39 is 17.7 Å². The number of hydrogen-bond donors (Lipinski definition) is 2. The first kappa shape index (κ1) is 28.3. The van der Waals surface area contributed by atoms with Gasteiger partial charge in [-0.05, 0) is 61.9 Å². The minimum Gasteiger partial charge on any atom is -0.458 e. The number of benzene rings is 1. The number of nitrogens with zero attached hydrogens (tertiary/aromatic N) is 2. The van der Waals surface area contributed by atoms with E-state index in [2.05, 4.69) is 11.2 Å². The molecular formula is C31H33N3O7. The van der Waals surface area contributed by atoms with Crippen LogP contribution in [0.2, 0.25) is 0 Å². The van der Waals surface area contributed by atoms with Crippen molar-refractivity contribution in [1.29, 1.82) is 0 Å². The summed E-state index contributed by atoms with van der Waals surface area (Å²) in [6.45, 7) is 5.22. The van der Waals surface area contributed by atoms with Gasteiger partial charge in [-0.15, -0.1) is 6.42 Å². The quantitative estimate of drug-likeness (QED) is 0.172. The zero-order valence-electron chi connectivity index (χ0n) is 23.2. The van der Waals surface area contributed by atoms with Gasteiger partial charge in [-0.3, -0.25) is 4.79 Å². The van der Waals surface area contributed by atoms with Crippen molar-refractivity contribution in [3.8, 4) is 29.5 Å². The van der Waals surface area contributed by atoms with Crippen LogP contribution in [0.4, 0.5) is 4.79 Å². The highest BCUT2D eigenvalue weighted by Gasteiger charge is 2.45. The van der Waals surface area contributed by atoms with Crippen LogP contribution in [0.25, 0.3) is 22.3 Å². The maximum atomic E-state index is 13.5. The Balaban J connectivity index is 1.38. The summed E-state index contributed by atoms with van der Waals surface area (Å²) in [5, 5.41) is 14.7. The van der Waals surface area contributed by atoms with Gasteiger partial charge in [0, 0.05) is 29.7 Å². The molecule has 1 atom stereocenters. The predicted octanol–water partition coefficient (Wildman–Crippen LogP) is 3.55. The second-order valence-electron chi connectivity index (χ2n) is 10.2. The van der Waals surface area contributed by atoms with Gasteiger partial charge in [0.1, 0.15) is 19.0 Å². The van der Waals surface area contributed by atoms with Gasteiger partial charge < -0.3 is 29.2 Å². The lowest BCUT2D eigenvalue weighted by Gasteiger charge is -2.31. The average Bonchev–Trinajstić information content (AvgIpc) is 3.34. The minimum absolute atomic E-state index is 0.0818. The number of unbranched alkanes of at least 4 members (excludes halogenated alkanes) is 2. The highest BCUT2D eigenvalue weighted by molar-refractivity contribution is 5.90. The molecule has 1 aromatic carbocycles. The lowest BCUT2D eigenvalue weighted by Crippen LogP contribution is -2.44. The van der Waals surface area contributed by atoms with Gasteiger partial charge in [-0.2, -0.15) is 0 Å². The van der Waals surface area contributed by atoms with Gasteiger partial charge in [0.15, 0.2) is 5.60 Å². The Morgan fingerprint density at radius 3 is 2.80 bits per heavy atom. The Bertz CT molecular complexity index is 1620. The normalized spacial score (nSPS) is 16.9. The number of carbonyl (C=O) groups excluding carboxylic acids is 2. The van der Waals surface area contributed by atoms with Crippen molar-refractivity contribution in [1.82, 2.24) is 14.9 Å². The van der Waals surface area contributed by atoms with Crippen molar-refractivity contribution in [2.75, 3.05) is 19.8 Å². The van der Waals surface area contributed by atoms with E-state index >= 15 is 0 Å². The summed E-state index contributed by atoms with van der Waals surface area (Å²) in [7, 11) is 0. The maximum Gasteiger partial charge on any atom is 0.412 e. The van der Waals surface area contributed by atoms with Crippen LogP contribution in [0.3, 0.4) is 0 Å². The third kappa shape index (κ3) is 5.19. The molecule has 0 bridgehead atoms. The molecule has 10 nitrogen and oxygen atoms in total. The topological polar surface area (TPSA) is 129 Å². The predicted molar refractivity (Wildman–Crippen MR) is 151 cm³/mol. The Hall–Kier alpha value is -4.20. The van der Waals surface area contributed by atoms with Crippen molar-refractivity contribution in [3.05, 3.63) is 56.9 Å². The molecule has 4 heterocycles. The van der Waals surface area contributed by atoms with E-state index in [0.29, 0.717) is 55.4 Å². The molecule has 2 aliphatic rings. The van der Waals surface area contributed by atoms with E-state index in [9.17, 15) is 19.5 Å². The number of aryl methyl sites for hydroxylation is 1. The molecule has 2 aromatic heterocycles. The van der Waals surface area contributed by atoms with Crippen LogP contribution in [0.5, 0.6) is 5.75 Å². The first-order chi connectivity index (χ1) is 19.8. The molecule has 2 N–H and O–H groups in total. The molecular weight excluding hydrogens is 526 g/mol.